The molecule has 1 saturated carbocycles. The van der Waals surface area contributed by atoms with E-state index in [1.165, 1.54) is 0 Å². The highest BCUT2D eigenvalue weighted by molar-refractivity contribution is 5.86. The Morgan fingerprint density at radius 1 is 1.47 bits per heavy atom. The summed E-state index contributed by atoms with van der Waals surface area (Å²) in [6.45, 7) is 0.579. The summed E-state index contributed by atoms with van der Waals surface area (Å²) in [4.78, 5) is 12.1. The molecule has 1 aliphatic heterocycles. The van der Waals surface area contributed by atoms with Crippen molar-refractivity contribution in [2.75, 3.05) is 13.7 Å². The number of benzene rings is 1. The standard InChI is InChI=1S/C14H16O3/c1-16-12-6-2-4-10(8-12)14-7-3-5-11(14)9-17-13(14)15/h2,4,6,8,11H,3,5,7,9H2,1H3/t11-,14+/m0/s1. The van der Waals surface area contributed by atoms with Crippen LogP contribution in [0.2, 0.25) is 0 Å². The van der Waals surface area contributed by atoms with Crippen molar-refractivity contribution in [3.05, 3.63) is 29.8 Å². The lowest BCUT2D eigenvalue weighted by atomic mass is 9.74. The van der Waals surface area contributed by atoms with Crippen LogP contribution in [0.1, 0.15) is 24.8 Å². The van der Waals surface area contributed by atoms with Gasteiger partial charge >= 0.3 is 5.97 Å². The van der Waals surface area contributed by atoms with Crippen LogP contribution in [0.25, 0.3) is 0 Å². The molecule has 0 bridgehead atoms. The highest BCUT2D eigenvalue weighted by Crippen LogP contribution is 2.50. The van der Waals surface area contributed by atoms with E-state index < -0.39 is 5.41 Å². The number of cyclic esters (lactones) is 1. The SMILES string of the molecule is COc1cccc([C@]23CCC[C@H]2COC3=O)c1. The van der Waals surface area contributed by atoms with Crippen LogP contribution in [0.3, 0.4) is 0 Å². The summed E-state index contributed by atoms with van der Waals surface area (Å²) < 4.78 is 10.5. The fourth-order valence-corrected chi connectivity index (χ4v) is 3.28. The Hall–Kier alpha value is -1.51. The van der Waals surface area contributed by atoms with E-state index in [2.05, 4.69) is 0 Å². The Balaban J connectivity index is 2.08. The molecule has 1 aromatic rings. The lowest BCUT2D eigenvalue weighted by molar-refractivity contribution is -0.142. The molecule has 2 aliphatic rings. The molecular formula is C14H16O3. The predicted octanol–water partition coefficient (Wildman–Crippen LogP) is 2.29. The number of carbonyl (C=O) groups is 1. The number of methoxy groups -OCH3 is 1. The molecule has 0 aromatic heterocycles. The van der Waals surface area contributed by atoms with Gasteiger partial charge in [-0.2, -0.15) is 0 Å². The largest absolute Gasteiger partial charge is 0.497 e. The normalized spacial score (nSPS) is 31.1. The second kappa shape index (κ2) is 3.76. The van der Waals surface area contributed by atoms with Crippen molar-refractivity contribution in [1.82, 2.24) is 0 Å². The van der Waals surface area contributed by atoms with Crippen molar-refractivity contribution in [2.24, 2.45) is 5.92 Å². The fraction of sp³-hybridized carbons (Fsp3) is 0.500. The first-order valence-corrected chi connectivity index (χ1v) is 6.09. The summed E-state index contributed by atoms with van der Waals surface area (Å²) in [5.74, 6) is 1.11. The van der Waals surface area contributed by atoms with Gasteiger partial charge in [0.2, 0.25) is 0 Å². The minimum absolute atomic E-state index is 0.0479. The third-order valence-corrected chi connectivity index (χ3v) is 4.19. The summed E-state index contributed by atoms with van der Waals surface area (Å²) in [5, 5.41) is 0. The average Bonchev–Trinajstić information content (AvgIpc) is 2.92. The highest BCUT2D eigenvalue weighted by Gasteiger charge is 2.56. The van der Waals surface area contributed by atoms with Crippen LogP contribution in [0.4, 0.5) is 0 Å². The van der Waals surface area contributed by atoms with E-state index in [9.17, 15) is 4.79 Å². The summed E-state index contributed by atoms with van der Waals surface area (Å²) in [7, 11) is 1.65. The first kappa shape index (κ1) is 10.6. The molecule has 2 atom stereocenters. The number of esters is 1. The van der Waals surface area contributed by atoms with Crippen LogP contribution in [-0.2, 0) is 14.9 Å². The quantitative estimate of drug-likeness (QED) is 0.734. The van der Waals surface area contributed by atoms with Crippen LogP contribution in [0, 0.1) is 5.92 Å². The maximum atomic E-state index is 12.1. The summed E-state index contributed by atoms with van der Waals surface area (Å²) >= 11 is 0. The molecule has 1 aromatic carbocycles. The smallest absolute Gasteiger partial charge is 0.316 e. The summed E-state index contributed by atoms with van der Waals surface area (Å²) in [6, 6.07) is 7.85. The number of hydrogen-bond acceptors (Lipinski definition) is 3. The van der Waals surface area contributed by atoms with E-state index in [0.717, 1.165) is 30.6 Å². The van der Waals surface area contributed by atoms with Crippen molar-refractivity contribution in [3.8, 4) is 5.75 Å². The van der Waals surface area contributed by atoms with Gasteiger partial charge in [-0.05, 0) is 30.5 Å². The molecule has 3 nitrogen and oxygen atoms in total. The van der Waals surface area contributed by atoms with Crippen LogP contribution >= 0.6 is 0 Å². The van der Waals surface area contributed by atoms with Crippen LogP contribution in [0.15, 0.2) is 24.3 Å². The zero-order valence-corrected chi connectivity index (χ0v) is 9.94. The molecule has 3 heteroatoms. The van der Waals surface area contributed by atoms with Gasteiger partial charge < -0.3 is 9.47 Å². The minimum Gasteiger partial charge on any atom is -0.497 e. The lowest BCUT2D eigenvalue weighted by Crippen LogP contribution is -2.33. The molecule has 3 rings (SSSR count). The van der Waals surface area contributed by atoms with Gasteiger partial charge in [-0.25, -0.2) is 0 Å². The zero-order valence-electron chi connectivity index (χ0n) is 9.94. The Bertz CT molecular complexity index is 455. The van der Waals surface area contributed by atoms with Gasteiger partial charge in [-0.1, -0.05) is 18.6 Å². The Morgan fingerprint density at radius 2 is 2.35 bits per heavy atom. The molecule has 2 fully saturated rings. The van der Waals surface area contributed by atoms with Crippen molar-refractivity contribution in [3.63, 3.8) is 0 Å². The van der Waals surface area contributed by atoms with E-state index in [0.29, 0.717) is 12.5 Å². The van der Waals surface area contributed by atoms with E-state index in [1.54, 1.807) is 7.11 Å². The Morgan fingerprint density at radius 3 is 3.18 bits per heavy atom. The van der Waals surface area contributed by atoms with Gasteiger partial charge in [0.15, 0.2) is 0 Å². The molecule has 0 spiro atoms. The summed E-state index contributed by atoms with van der Waals surface area (Å²) in [5.41, 5.74) is 0.663. The highest BCUT2D eigenvalue weighted by atomic mass is 16.5. The molecule has 90 valence electrons. The molecule has 1 saturated heterocycles. The Kier molecular flexibility index (Phi) is 2.35. The maximum absolute atomic E-state index is 12.1. The molecular weight excluding hydrogens is 216 g/mol. The Labute approximate surface area is 101 Å². The first-order valence-electron chi connectivity index (χ1n) is 6.09. The third kappa shape index (κ3) is 1.38. The number of rotatable bonds is 2. The maximum Gasteiger partial charge on any atom is 0.316 e. The van der Waals surface area contributed by atoms with Gasteiger partial charge in [0.1, 0.15) is 5.75 Å². The van der Waals surface area contributed by atoms with Crippen molar-refractivity contribution < 1.29 is 14.3 Å². The topological polar surface area (TPSA) is 35.5 Å². The van der Waals surface area contributed by atoms with E-state index in [-0.39, 0.29) is 5.97 Å². The lowest BCUT2D eigenvalue weighted by Gasteiger charge is -2.25. The number of hydrogen-bond donors (Lipinski definition) is 0. The molecule has 0 unspecified atom stereocenters. The average molecular weight is 232 g/mol. The zero-order chi connectivity index (χ0) is 11.9. The van der Waals surface area contributed by atoms with E-state index >= 15 is 0 Å². The predicted molar refractivity (Wildman–Crippen MR) is 63.0 cm³/mol. The van der Waals surface area contributed by atoms with Gasteiger partial charge in [-0.3, -0.25) is 4.79 Å². The molecule has 17 heavy (non-hydrogen) atoms. The summed E-state index contributed by atoms with van der Waals surface area (Å²) in [6.07, 6.45) is 3.10. The van der Waals surface area contributed by atoms with Gasteiger partial charge in [-0.15, -0.1) is 0 Å². The molecule has 1 heterocycles. The van der Waals surface area contributed by atoms with Gasteiger partial charge in [0.05, 0.1) is 19.1 Å². The van der Waals surface area contributed by atoms with Gasteiger partial charge in [0.25, 0.3) is 0 Å². The number of fused-ring (bicyclic) bond motifs is 1. The van der Waals surface area contributed by atoms with E-state index in [4.69, 9.17) is 9.47 Å². The van der Waals surface area contributed by atoms with Crippen LogP contribution < -0.4 is 4.74 Å². The first-order chi connectivity index (χ1) is 8.27. The molecule has 1 aliphatic carbocycles. The van der Waals surface area contributed by atoms with Gasteiger partial charge in [0, 0.05) is 5.92 Å². The molecule has 0 radical (unpaired) electrons. The van der Waals surface area contributed by atoms with Crippen molar-refractivity contribution >= 4 is 5.97 Å². The monoisotopic (exact) mass is 232 g/mol. The molecule has 0 amide bonds. The van der Waals surface area contributed by atoms with Crippen molar-refractivity contribution in [1.29, 1.82) is 0 Å². The minimum atomic E-state index is -0.394. The number of carbonyl (C=O) groups excluding carboxylic acids is 1. The van der Waals surface area contributed by atoms with E-state index in [1.807, 2.05) is 24.3 Å². The fourth-order valence-electron chi connectivity index (χ4n) is 3.28. The van der Waals surface area contributed by atoms with Crippen LogP contribution in [-0.4, -0.2) is 19.7 Å². The second-order valence-corrected chi connectivity index (χ2v) is 4.89. The molecule has 0 N–H and O–H groups in total. The van der Waals surface area contributed by atoms with Crippen LogP contribution in [0.5, 0.6) is 5.75 Å². The van der Waals surface area contributed by atoms with Crippen molar-refractivity contribution in [2.45, 2.75) is 24.7 Å². The second-order valence-electron chi connectivity index (χ2n) is 4.89. The number of ether oxygens (including phenoxy) is 2. The third-order valence-electron chi connectivity index (χ3n) is 4.19.